The van der Waals surface area contributed by atoms with Crippen LogP contribution in [-0.2, 0) is 12.0 Å². The number of nitrogens with zero attached hydrogens (tertiary/aromatic N) is 2. The highest BCUT2D eigenvalue weighted by atomic mass is 15.3. The van der Waals surface area contributed by atoms with Gasteiger partial charge in [-0.2, -0.15) is 5.10 Å². The fourth-order valence-corrected chi connectivity index (χ4v) is 2.81. The Labute approximate surface area is 128 Å². The quantitative estimate of drug-likeness (QED) is 0.930. The minimum Gasteiger partial charge on any atom is -0.324 e. The monoisotopic (exact) mass is 285 g/mol. The van der Waals surface area contributed by atoms with Crippen molar-refractivity contribution in [3.8, 4) is 0 Å². The van der Waals surface area contributed by atoms with Crippen molar-refractivity contribution in [1.82, 2.24) is 9.78 Å². The third kappa shape index (κ3) is 3.35. The third-order valence-corrected chi connectivity index (χ3v) is 4.05. The van der Waals surface area contributed by atoms with Crippen LogP contribution in [0, 0.1) is 13.8 Å². The van der Waals surface area contributed by atoms with Gasteiger partial charge in [0.05, 0.1) is 12.2 Å². The topological polar surface area (TPSA) is 43.8 Å². The first-order valence-electron chi connectivity index (χ1n) is 7.59. The van der Waals surface area contributed by atoms with E-state index in [9.17, 15) is 0 Å². The number of hydrogen-bond acceptors (Lipinski definition) is 2. The lowest BCUT2D eigenvalue weighted by Crippen LogP contribution is -2.11. The van der Waals surface area contributed by atoms with E-state index < -0.39 is 0 Å². The van der Waals surface area contributed by atoms with Crippen LogP contribution in [0.25, 0.3) is 0 Å². The number of aryl methyl sites for hydroxylation is 1. The lowest BCUT2D eigenvalue weighted by molar-refractivity contribution is 0.589. The van der Waals surface area contributed by atoms with Crippen molar-refractivity contribution in [2.24, 2.45) is 5.73 Å². The standard InChI is InChI=1S/C18H27N3/c1-12(19)17-13(2)20-21(14(17)3)11-15-7-9-16(10-8-15)18(4,5)6/h7-10,12H,11,19H2,1-6H3. The summed E-state index contributed by atoms with van der Waals surface area (Å²) in [5, 5.41) is 4.63. The second-order valence-corrected chi connectivity index (χ2v) is 6.98. The Hall–Kier alpha value is -1.61. The molecule has 2 N–H and O–H groups in total. The molecular formula is C18H27N3. The van der Waals surface area contributed by atoms with Crippen molar-refractivity contribution in [1.29, 1.82) is 0 Å². The highest BCUT2D eigenvalue weighted by Gasteiger charge is 2.16. The first-order valence-corrected chi connectivity index (χ1v) is 7.59. The van der Waals surface area contributed by atoms with Gasteiger partial charge in [-0.05, 0) is 37.3 Å². The summed E-state index contributed by atoms with van der Waals surface area (Å²) < 4.78 is 2.06. The Kier molecular flexibility index (Phi) is 4.24. The first-order chi connectivity index (χ1) is 9.70. The van der Waals surface area contributed by atoms with E-state index in [1.54, 1.807) is 0 Å². The van der Waals surface area contributed by atoms with Crippen molar-refractivity contribution in [2.75, 3.05) is 0 Å². The largest absolute Gasteiger partial charge is 0.324 e. The van der Waals surface area contributed by atoms with Crippen LogP contribution >= 0.6 is 0 Å². The van der Waals surface area contributed by atoms with Crippen LogP contribution < -0.4 is 5.73 Å². The van der Waals surface area contributed by atoms with Gasteiger partial charge in [-0.1, -0.05) is 45.0 Å². The summed E-state index contributed by atoms with van der Waals surface area (Å²) in [6, 6.07) is 8.86. The van der Waals surface area contributed by atoms with Crippen molar-refractivity contribution in [2.45, 2.75) is 59.5 Å². The van der Waals surface area contributed by atoms with Gasteiger partial charge in [-0.25, -0.2) is 0 Å². The number of benzene rings is 1. The van der Waals surface area contributed by atoms with Crippen LogP contribution in [0.5, 0.6) is 0 Å². The summed E-state index contributed by atoms with van der Waals surface area (Å²) in [6.07, 6.45) is 0. The number of hydrogen-bond donors (Lipinski definition) is 1. The Morgan fingerprint density at radius 3 is 2.14 bits per heavy atom. The lowest BCUT2D eigenvalue weighted by atomic mass is 9.87. The molecule has 0 bridgehead atoms. The second kappa shape index (κ2) is 5.64. The van der Waals surface area contributed by atoms with Crippen LogP contribution in [0.3, 0.4) is 0 Å². The van der Waals surface area contributed by atoms with E-state index in [2.05, 4.69) is 61.7 Å². The molecule has 0 aliphatic carbocycles. The highest BCUT2D eigenvalue weighted by molar-refractivity contribution is 5.30. The molecule has 1 heterocycles. The number of aromatic nitrogens is 2. The molecule has 0 aliphatic heterocycles. The summed E-state index contributed by atoms with van der Waals surface area (Å²) in [4.78, 5) is 0. The average molecular weight is 285 g/mol. The summed E-state index contributed by atoms with van der Waals surface area (Å²) in [6.45, 7) is 13.6. The van der Waals surface area contributed by atoms with E-state index >= 15 is 0 Å². The van der Waals surface area contributed by atoms with Gasteiger partial charge in [0.1, 0.15) is 0 Å². The van der Waals surface area contributed by atoms with Crippen LogP contribution in [0.2, 0.25) is 0 Å². The summed E-state index contributed by atoms with van der Waals surface area (Å²) in [5.41, 5.74) is 12.2. The fourth-order valence-electron chi connectivity index (χ4n) is 2.81. The van der Waals surface area contributed by atoms with Crippen molar-refractivity contribution in [3.63, 3.8) is 0 Å². The Morgan fingerprint density at radius 2 is 1.71 bits per heavy atom. The van der Waals surface area contributed by atoms with Crippen LogP contribution in [0.15, 0.2) is 24.3 Å². The minimum atomic E-state index is 0.0296. The van der Waals surface area contributed by atoms with E-state index in [4.69, 9.17) is 5.73 Å². The van der Waals surface area contributed by atoms with E-state index in [0.717, 1.165) is 12.2 Å². The zero-order valence-corrected chi connectivity index (χ0v) is 14.1. The van der Waals surface area contributed by atoms with Crippen LogP contribution in [0.4, 0.5) is 0 Å². The molecule has 1 unspecified atom stereocenters. The molecule has 0 fully saturated rings. The Bertz CT molecular complexity index is 613. The summed E-state index contributed by atoms with van der Waals surface area (Å²) >= 11 is 0. The first kappa shape index (κ1) is 15.8. The van der Waals surface area contributed by atoms with Gasteiger partial charge in [0, 0.05) is 17.3 Å². The molecule has 3 heteroatoms. The normalized spacial score (nSPS) is 13.5. The second-order valence-electron chi connectivity index (χ2n) is 6.98. The van der Waals surface area contributed by atoms with Gasteiger partial charge >= 0.3 is 0 Å². The molecule has 1 atom stereocenters. The SMILES string of the molecule is Cc1nn(Cc2ccc(C(C)(C)C)cc2)c(C)c1C(C)N. The maximum absolute atomic E-state index is 6.04. The zero-order valence-electron chi connectivity index (χ0n) is 14.1. The molecule has 0 spiro atoms. The van der Waals surface area contributed by atoms with E-state index in [0.29, 0.717) is 0 Å². The molecule has 0 saturated heterocycles. The molecule has 0 aliphatic rings. The van der Waals surface area contributed by atoms with Gasteiger partial charge < -0.3 is 5.73 Å². The van der Waals surface area contributed by atoms with E-state index in [1.807, 2.05) is 13.8 Å². The maximum Gasteiger partial charge on any atom is 0.0662 e. The fraction of sp³-hybridized carbons (Fsp3) is 0.500. The zero-order chi connectivity index (χ0) is 15.8. The predicted molar refractivity (Wildman–Crippen MR) is 88.5 cm³/mol. The molecule has 114 valence electrons. The van der Waals surface area contributed by atoms with Crippen LogP contribution in [0.1, 0.15) is 61.8 Å². The molecule has 2 aromatic rings. The molecule has 1 aromatic carbocycles. The summed E-state index contributed by atoms with van der Waals surface area (Å²) in [5.74, 6) is 0. The highest BCUT2D eigenvalue weighted by Crippen LogP contribution is 2.23. The Balaban J connectivity index is 2.25. The van der Waals surface area contributed by atoms with Crippen molar-refractivity contribution >= 4 is 0 Å². The lowest BCUT2D eigenvalue weighted by Gasteiger charge is -2.19. The molecule has 0 saturated carbocycles. The summed E-state index contributed by atoms with van der Waals surface area (Å²) in [7, 11) is 0. The van der Waals surface area contributed by atoms with Crippen LogP contribution in [-0.4, -0.2) is 9.78 Å². The van der Waals surface area contributed by atoms with Gasteiger partial charge in [-0.15, -0.1) is 0 Å². The van der Waals surface area contributed by atoms with Gasteiger partial charge in [0.2, 0.25) is 0 Å². The molecule has 2 rings (SSSR count). The number of rotatable bonds is 3. The average Bonchev–Trinajstić information content (AvgIpc) is 2.64. The molecule has 0 amide bonds. The molecular weight excluding hydrogens is 258 g/mol. The van der Waals surface area contributed by atoms with Crippen molar-refractivity contribution < 1.29 is 0 Å². The molecule has 1 aromatic heterocycles. The number of nitrogens with two attached hydrogens (primary N) is 1. The third-order valence-electron chi connectivity index (χ3n) is 4.05. The Morgan fingerprint density at radius 1 is 1.14 bits per heavy atom. The van der Waals surface area contributed by atoms with Crippen molar-refractivity contribution in [3.05, 3.63) is 52.3 Å². The minimum absolute atomic E-state index is 0.0296. The van der Waals surface area contributed by atoms with Gasteiger partial charge in [-0.3, -0.25) is 4.68 Å². The molecule has 0 radical (unpaired) electrons. The predicted octanol–water partition coefficient (Wildman–Crippen LogP) is 3.87. The van der Waals surface area contributed by atoms with E-state index in [1.165, 1.54) is 22.4 Å². The van der Waals surface area contributed by atoms with Gasteiger partial charge in [0.25, 0.3) is 0 Å². The van der Waals surface area contributed by atoms with Gasteiger partial charge in [0.15, 0.2) is 0 Å². The smallest absolute Gasteiger partial charge is 0.0662 e. The molecule has 21 heavy (non-hydrogen) atoms. The van der Waals surface area contributed by atoms with E-state index in [-0.39, 0.29) is 11.5 Å². The molecule has 3 nitrogen and oxygen atoms in total. The maximum atomic E-state index is 6.04.